The van der Waals surface area contributed by atoms with E-state index in [1.807, 2.05) is 6.07 Å². The average molecular weight is 512 g/mol. The number of hydrogen-bond acceptors (Lipinski definition) is 6. The third-order valence-corrected chi connectivity index (χ3v) is 6.06. The molecule has 0 heterocycles. The molecule has 0 bridgehead atoms. The number of carbonyl (C=O) groups is 3. The van der Waals surface area contributed by atoms with E-state index in [1.165, 1.54) is 12.1 Å². The Kier molecular flexibility index (Phi) is 8.46. The van der Waals surface area contributed by atoms with Crippen LogP contribution < -0.4 is 4.74 Å². The molecule has 0 fully saturated rings. The lowest BCUT2D eigenvalue weighted by Gasteiger charge is -2.09. The lowest BCUT2D eigenvalue weighted by molar-refractivity contribution is -0.110. The molecule has 4 nitrogen and oxygen atoms in total. The number of esters is 1. The quantitative estimate of drug-likeness (QED) is 0.0941. The summed E-state index contributed by atoms with van der Waals surface area (Å²) in [5.74, 6) is -14.5. The van der Waals surface area contributed by atoms with Crippen molar-refractivity contribution in [2.75, 3.05) is 5.75 Å². The van der Waals surface area contributed by atoms with E-state index < -0.39 is 45.9 Å². The van der Waals surface area contributed by atoms with Gasteiger partial charge in [-0.05, 0) is 24.3 Å². The topological polar surface area (TPSA) is 60.4 Å². The van der Waals surface area contributed by atoms with Crippen molar-refractivity contribution in [3.05, 3.63) is 94.8 Å². The molecule has 3 aromatic carbocycles. The van der Waals surface area contributed by atoms with Crippen molar-refractivity contribution in [3.63, 3.8) is 0 Å². The molecule has 3 aromatic rings. The summed E-state index contributed by atoms with van der Waals surface area (Å²) < 4.78 is 71.6. The summed E-state index contributed by atoms with van der Waals surface area (Å²) in [6, 6.07) is 13.8. The van der Waals surface area contributed by atoms with Crippen LogP contribution in [0.2, 0.25) is 0 Å². The smallest absolute Gasteiger partial charge is 0.343 e. The van der Waals surface area contributed by atoms with Gasteiger partial charge in [0.05, 0.1) is 5.56 Å². The van der Waals surface area contributed by atoms with Gasteiger partial charge in [-0.15, -0.1) is 0 Å². The highest BCUT2D eigenvalue weighted by Crippen LogP contribution is 2.30. The number of thioether (sulfide) groups is 2. The van der Waals surface area contributed by atoms with Gasteiger partial charge in [-0.25, -0.2) is 18.0 Å². The molecule has 0 amide bonds. The molecule has 0 aliphatic rings. The molecule has 0 saturated heterocycles. The largest absolute Gasteiger partial charge is 0.416 e. The summed E-state index contributed by atoms with van der Waals surface area (Å²) in [7, 11) is 0. The normalized spacial score (nSPS) is 10.7. The van der Waals surface area contributed by atoms with E-state index in [9.17, 15) is 36.3 Å². The minimum Gasteiger partial charge on any atom is -0.416 e. The van der Waals surface area contributed by atoms with Gasteiger partial charge >= 0.3 is 5.97 Å². The second-order valence-corrected chi connectivity index (χ2v) is 8.74. The average Bonchev–Trinajstić information content (AvgIpc) is 2.84. The fraction of sp³-hybridized carbons (Fsp3) is 0.0870. The molecular weight excluding hydrogens is 499 g/mol. The second kappa shape index (κ2) is 11.3. The molecule has 0 atom stereocenters. The minimum atomic E-state index is -2.39. The van der Waals surface area contributed by atoms with Crippen LogP contribution in [-0.4, -0.2) is 22.0 Å². The number of ether oxygens (including phenoxy) is 1. The van der Waals surface area contributed by atoms with Gasteiger partial charge in [0, 0.05) is 22.6 Å². The minimum absolute atomic E-state index is 0.0139. The van der Waals surface area contributed by atoms with Crippen molar-refractivity contribution in [2.45, 2.75) is 11.3 Å². The SMILES string of the molecule is O=C(CCSC(=O)c1cccc(C(=O)Oc2c(F)c(F)c(F)c(F)c2F)c1)Sc1ccccc1. The third kappa shape index (κ3) is 6.03. The van der Waals surface area contributed by atoms with Crippen molar-refractivity contribution >= 4 is 39.7 Å². The molecule has 0 spiro atoms. The maximum atomic E-state index is 13.7. The van der Waals surface area contributed by atoms with E-state index in [-0.39, 0.29) is 28.4 Å². The fourth-order valence-corrected chi connectivity index (χ4v) is 4.24. The summed E-state index contributed by atoms with van der Waals surface area (Å²) >= 11 is 1.86. The van der Waals surface area contributed by atoms with E-state index >= 15 is 0 Å². The zero-order chi connectivity index (χ0) is 24.8. The van der Waals surface area contributed by atoms with Crippen LogP contribution in [0.5, 0.6) is 5.75 Å². The maximum absolute atomic E-state index is 13.7. The van der Waals surface area contributed by atoms with E-state index in [0.29, 0.717) is 0 Å². The van der Waals surface area contributed by atoms with E-state index in [4.69, 9.17) is 0 Å². The molecule has 0 saturated carbocycles. The van der Waals surface area contributed by atoms with Crippen LogP contribution in [0.4, 0.5) is 22.0 Å². The van der Waals surface area contributed by atoms with Crippen molar-refractivity contribution in [1.29, 1.82) is 0 Å². The van der Waals surface area contributed by atoms with Gasteiger partial charge in [0.15, 0.2) is 5.12 Å². The highest BCUT2D eigenvalue weighted by atomic mass is 32.2. The van der Waals surface area contributed by atoms with Gasteiger partial charge in [0.1, 0.15) is 0 Å². The fourth-order valence-electron chi connectivity index (χ4n) is 2.58. The molecule has 176 valence electrons. The number of halogens is 5. The Morgan fingerprint density at radius 3 is 1.97 bits per heavy atom. The van der Waals surface area contributed by atoms with Crippen molar-refractivity contribution in [3.8, 4) is 5.75 Å². The first-order chi connectivity index (χ1) is 16.2. The van der Waals surface area contributed by atoms with Gasteiger partial charge < -0.3 is 4.74 Å². The number of benzene rings is 3. The third-order valence-electron chi connectivity index (χ3n) is 4.21. The summed E-state index contributed by atoms with van der Waals surface area (Å²) in [6.45, 7) is 0. The monoisotopic (exact) mass is 512 g/mol. The molecule has 0 unspecified atom stereocenters. The Labute approximate surface area is 198 Å². The Morgan fingerprint density at radius 2 is 1.32 bits per heavy atom. The Hall–Kier alpha value is -3.18. The Balaban J connectivity index is 1.62. The predicted octanol–water partition coefficient (Wildman–Crippen LogP) is 6.18. The van der Waals surface area contributed by atoms with Crippen LogP contribution >= 0.6 is 23.5 Å². The van der Waals surface area contributed by atoms with Gasteiger partial charge in [-0.3, -0.25) is 9.59 Å². The van der Waals surface area contributed by atoms with Crippen LogP contribution in [0.1, 0.15) is 27.1 Å². The van der Waals surface area contributed by atoms with Crippen molar-refractivity contribution in [1.82, 2.24) is 0 Å². The van der Waals surface area contributed by atoms with Crippen LogP contribution in [0.25, 0.3) is 0 Å². The number of rotatable bonds is 7. The summed E-state index contributed by atoms with van der Waals surface area (Å²) in [4.78, 5) is 37.4. The first kappa shape index (κ1) is 25.4. The zero-order valence-electron chi connectivity index (χ0n) is 16.9. The molecule has 0 aromatic heterocycles. The predicted molar refractivity (Wildman–Crippen MR) is 116 cm³/mol. The van der Waals surface area contributed by atoms with E-state index in [2.05, 4.69) is 4.74 Å². The second-order valence-electron chi connectivity index (χ2n) is 6.54. The van der Waals surface area contributed by atoms with Crippen molar-refractivity contribution < 1.29 is 41.1 Å². The molecule has 0 aliphatic carbocycles. The first-order valence-corrected chi connectivity index (χ1v) is 11.3. The highest BCUT2D eigenvalue weighted by Gasteiger charge is 2.29. The first-order valence-electron chi connectivity index (χ1n) is 9.45. The van der Waals surface area contributed by atoms with E-state index in [0.717, 1.165) is 40.6 Å². The molecule has 0 radical (unpaired) electrons. The molecule has 11 heteroatoms. The number of hydrogen-bond donors (Lipinski definition) is 0. The lowest BCUT2D eigenvalue weighted by atomic mass is 10.1. The van der Waals surface area contributed by atoms with E-state index in [1.54, 1.807) is 24.3 Å². The molecule has 34 heavy (non-hydrogen) atoms. The molecule has 3 rings (SSSR count). The van der Waals surface area contributed by atoms with Crippen LogP contribution in [0.15, 0.2) is 59.5 Å². The maximum Gasteiger partial charge on any atom is 0.343 e. The highest BCUT2D eigenvalue weighted by molar-refractivity contribution is 8.15. The van der Waals surface area contributed by atoms with Crippen LogP contribution in [-0.2, 0) is 4.79 Å². The standard InChI is InChI=1S/C23H13F5O4S2/c24-16-17(25)19(27)21(20(28)18(16)26)32-22(30)12-5-4-6-13(11-12)23(31)33-10-9-15(29)34-14-7-2-1-3-8-14/h1-8,11H,9-10H2. The van der Waals surface area contributed by atoms with Crippen LogP contribution in [0.3, 0.4) is 0 Å². The summed E-state index contributed by atoms with van der Waals surface area (Å²) in [6.07, 6.45) is 0.0952. The van der Waals surface area contributed by atoms with Gasteiger partial charge in [0.2, 0.25) is 40.0 Å². The van der Waals surface area contributed by atoms with Gasteiger partial charge in [0.25, 0.3) is 0 Å². The van der Waals surface area contributed by atoms with Crippen molar-refractivity contribution in [2.24, 2.45) is 0 Å². The number of carbonyl (C=O) groups excluding carboxylic acids is 3. The zero-order valence-corrected chi connectivity index (χ0v) is 18.6. The van der Waals surface area contributed by atoms with Gasteiger partial charge in [-0.2, -0.15) is 8.78 Å². The Bertz CT molecular complexity index is 1220. The summed E-state index contributed by atoms with van der Waals surface area (Å²) in [5, 5.41) is -0.643. The molecular formula is C23H13F5O4S2. The van der Waals surface area contributed by atoms with Crippen LogP contribution in [0, 0.1) is 29.1 Å². The van der Waals surface area contributed by atoms with Gasteiger partial charge in [-0.1, -0.05) is 53.9 Å². The summed E-state index contributed by atoms with van der Waals surface area (Å²) in [5.41, 5.74) is -0.342. The Morgan fingerprint density at radius 1 is 0.735 bits per heavy atom. The molecule has 0 aliphatic heterocycles. The lowest BCUT2D eigenvalue weighted by Crippen LogP contribution is -2.14. The molecule has 0 N–H and O–H groups in total.